The fourth-order valence-corrected chi connectivity index (χ4v) is 4.69. The van der Waals surface area contributed by atoms with E-state index in [-0.39, 0.29) is 35.5 Å². The Bertz CT molecular complexity index is 944. The predicted molar refractivity (Wildman–Crippen MR) is 98.7 cm³/mol. The maximum Gasteiger partial charge on any atom is 0.243 e. The first-order valence-electron chi connectivity index (χ1n) is 8.70. The summed E-state index contributed by atoms with van der Waals surface area (Å²) >= 11 is 0. The molecular weight excluding hydrogens is 369 g/mol. The monoisotopic (exact) mass is 389 g/mol. The van der Waals surface area contributed by atoms with Gasteiger partial charge in [0.2, 0.25) is 10.0 Å². The lowest BCUT2D eigenvalue weighted by molar-refractivity contribution is 0.0875. The zero-order valence-corrected chi connectivity index (χ0v) is 15.7. The molecule has 0 N–H and O–H groups in total. The summed E-state index contributed by atoms with van der Waals surface area (Å²) in [7, 11) is -3.66. The predicted octanol–water partition coefficient (Wildman–Crippen LogP) is 3.31. The van der Waals surface area contributed by atoms with Crippen LogP contribution in [0.3, 0.4) is 0 Å². The van der Waals surface area contributed by atoms with Crippen LogP contribution < -0.4 is 0 Å². The van der Waals surface area contributed by atoms with Gasteiger partial charge in [-0.1, -0.05) is 12.1 Å². The fourth-order valence-electron chi connectivity index (χ4n) is 3.22. The summed E-state index contributed by atoms with van der Waals surface area (Å²) in [6, 6.07) is 11.3. The SMILES string of the molecule is CC(=O)c1ccc(S(=O)(=O)N2CCC(C(=O)c3ccc(F)cc3)CC2)cc1. The van der Waals surface area contributed by atoms with Crippen molar-refractivity contribution in [1.82, 2.24) is 4.31 Å². The van der Waals surface area contributed by atoms with E-state index in [0.717, 1.165) is 0 Å². The Balaban J connectivity index is 1.68. The van der Waals surface area contributed by atoms with E-state index in [2.05, 4.69) is 0 Å². The number of benzene rings is 2. The average Bonchev–Trinajstić information content (AvgIpc) is 2.68. The van der Waals surface area contributed by atoms with Gasteiger partial charge in [0.15, 0.2) is 11.6 Å². The largest absolute Gasteiger partial charge is 0.295 e. The molecule has 1 saturated heterocycles. The number of rotatable bonds is 5. The molecule has 0 aromatic heterocycles. The van der Waals surface area contributed by atoms with Crippen LogP contribution in [0.2, 0.25) is 0 Å². The minimum Gasteiger partial charge on any atom is -0.295 e. The zero-order valence-electron chi connectivity index (χ0n) is 14.9. The molecule has 0 unspecified atom stereocenters. The van der Waals surface area contributed by atoms with Crippen LogP contribution in [-0.4, -0.2) is 37.4 Å². The van der Waals surface area contributed by atoms with E-state index >= 15 is 0 Å². The highest BCUT2D eigenvalue weighted by Crippen LogP contribution is 2.26. The van der Waals surface area contributed by atoms with E-state index in [1.165, 1.54) is 59.8 Å². The molecule has 7 heteroatoms. The summed E-state index contributed by atoms with van der Waals surface area (Å²) in [5.41, 5.74) is 0.898. The van der Waals surface area contributed by atoms with Gasteiger partial charge in [0.05, 0.1) is 4.90 Å². The normalized spacial score (nSPS) is 16.2. The Labute approximate surface area is 157 Å². The third kappa shape index (κ3) is 4.14. The number of halogens is 1. The van der Waals surface area contributed by atoms with Crippen molar-refractivity contribution in [1.29, 1.82) is 0 Å². The van der Waals surface area contributed by atoms with Crippen LogP contribution in [0, 0.1) is 11.7 Å². The van der Waals surface area contributed by atoms with Gasteiger partial charge in [-0.25, -0.2) is 12.8 Å². The van der Waals surface area contributed by atoms with Gasteiger partial charge in [-0.15, -0.1) is 0 Å². The molecule has 0 amide bonds. The van der Waals surface area contributed by atoms with E-state index < -0.39 is 15.8 Å². The highest BCUT2D eigenvalue weighted by atomic mass is 32.2. The second-order valence-corrected chi connectivity index (χ2v) is 8.57. The number of piperidine rings is 1. The molecule has 0 bridgehead atoms. The molecule has 0 radical (unpaired) electrons. The van der Waals surface area contributed by atoms with E-state index in [4.69, 9.17) is 0 Å². The third-order valence-electron chi connectivity index (χ3n) is 4.85. The number of sulfonamides is 1. The fraction of sp³-hybridized carbons (Fsp3) is 0.300. The molecule has 142 valence electrons. The zero-order chi connectivity index (χ0) is 19.6. The standard InChI is InChI=1S/C20H20FNO4S/c1-14(23)15-4-8-19(9-5-15)27(25,26)22-12-10-17(11-13-22)20(24)16-2-6-18(21)7-3-16/h2-9,17H,10-13H2,1H3. The molecule has 1 aliphatic heterocycles. The molecule has 27 heavy (non-hydrogen) atoms. The van der Waals surface area contributed by atoms with Crippen molar-refractivity contribution in [3.05, 3.63) is 65.5 Å². The first-order chi connectivity index (χ1) is 12.8. The summed E-state index contributed by atoms with van der Waals surface area (Å²) in [6.07, 6.45) is 0.835. The Morgan fingerprint density at radius 2 is 1.44 bits per heavy atom. The number of Topliss-reactive ketones (excluding diaryl/α,β-unsaturated/α-hetero) is 2. The van der Waals surface area contributed by atoms with Crippen LogP contribution in [-0.2, 0) is 10.0 Å². The Kier molecular flexibility index (Phi) is 5.53. The first-order valence-corrected chi connectivity index (χ1v) is 10.1. The number of carbonyl (C=O) groups is 2. The van der Waals surface area contributed by atoms with Gasteiger partial charge >= 0.3 is 0 Å². The number of carbonyl (C=O) groups excluding carboxylic acids is 2. The minimum atomic E-state index is -3.66. The van der Waals surface area contributed by atoms with Gasteiger partial charge in [-0.2, -0.15) is 4.31 Å². The quantitative estimate of drug-likeness (QED) is 0.736. The van der Waals surface area contributed by atoms with Crippen LogP contribution in [0.4, 0.5) is 4.39 Å². The van der Waals surface area contributed by atoms with Crippen molar-refractivity contribution >= 4 is 21.6 Å². The molecule has 2 aromatic rings. The van der Waals surface area contributed by atoms with Gasteiger partial charge < -0.3 is 0 Å². The number of hydrogen-bond donors (Lipinski definition) is 0. The third-order valence-corrected chi connectivity index (χ3v) is 6.76. The highest BCUT2D eigenvalue weighted by molar-refractivity contribution is 7.89. The summed E-state index contributed by atoms with van der Waals surface area (Å²) in [5, 5.41) is 0. The molecule has 2 aromatic carbocycles. The Morgan fingerprint density at radius 1 is 0.926 bits per heavy atom. The summed E-state index contributed by atoms with van der Waals surface area (Å²) < 4.78 is 39.9. The molecule has 1 aliphatic rings. The van der Waals surface area contributed by atoms with Crippen molar-refractivity contribution in [2.24, 2.45) is 5.92 Å². The molecule has 0 aliphatic carbocycles. The molecule has 3 rings (SSSR count). The summed E-state index contributed by atoms with van der Waals surface area (Å²) in [6.45, 7) is 1.91. The maximum atomic E-state index is 13.0. The van der Waals surface area contributed by atoms with E-state index in [1.807, 2.05) is 0 Å². The second-order valence-electron chi connectivity index (χ2n) is 6.63. The van der Waals surface area contributed by atoms with Crippen LogP contribution >= 0.6 is 0 Å². The number of hydrogen-bond acceptors (Lipinski definition) is 4. The number of nitrogens with zero attached hydrogens (tertiary/aromatic N) is 1. The molecule has 0 atom stereocenters. The van der Waals surface area contributed by atoms with Gasteiger partial charge in [-0.3, -0.25) is 9.59 Å². The van der Waals surface area contributed by atoms with Crippen molar-refractivity contribution in [2.75, 3.05) is 13.1 Å². The molecule has 1 fully saturated rings. The smallest absolute Gasteiger partial charge is 0.243 e. The lowest BCUT2D eigenvalue weighted by atomic mass is 9.90. The van der Waals surface area contributed by atoms with Crippen LogP contribution in [0.25, 0.3) is 0 Å². The maximum absolute atomic E-state index is 13.0. The van der Waals surface area contributed by atoms with E-state index in [0.29, 0.717) is 24.0 Å². The average molecular weight is 389 g/mol. The van der Waals surface area contributed by atoms with Gasteiger partial charge in [0, 0.05) is 30.1 Å². The van der Waals surface area contributed by atoms with Crippen molar-refractivity contribution in [3.63, 3.8) is 0 Å². The summed E-state index contributed by atoms with van der Waals surface area (Å²) in [4.78, 5) is 24.0. The molecular formula is C20H20FNO4S. The van der Waals surface area contributed by atoms with E-state index in [1.54, 1.807) is 0 Å². The van der Waals surface area contributed by atoms with Crippen molar-refractivity contribution in [2.45, 2.75) is 24.7 Å². The van der Waals surface area contributed by atoms with Gasteiger partial charge in [-0.05, 0) is 56.2 Å². The van der Waals surface area contributed by atoms with Gasteiger partial charge in [0.1, 0.15) is 5.82 Å². The second kappa shape index (κ2) is 7.70. The van der Waals surface area contributed by atoms with Crippen molar-refractivity contribution in [3.8, 4) is 0 Å². The number of ketones is 2. The van der Waals surface area contributed by atoms with Crippen LogP contribution in [0.15, 0.2) is 53.4 Å². The van der Waals surface area contributed by atoms with Gasteiger partial charge in [0.25, 0.3) is 0 Å². The molecule has 0 spiro atoms. The molecule has 1 heterocycles. The van der Waals surface area contributed by atoms with Crippen molar-refractivity contribution < 1.29 is 22.4 Å². The minimum absolute atomic E-state index is 0.0853. The topological polar surface area (TPSA) is 71.5 Å². The lowest BCUT2D eigenvalue weighted by Crippen LogP contribution is -2.40. The lowest BCUT2D eigenvalue weighted by Gasteiger charge is -2.30. The molecule has 0 saturated carbocycles. The molecule has 5 nitrogen and oxygen atoms in total. The highest BCUT2D eigenvalue weighted by Gasteiger charge is 2.32. The summed E-state index contributed by atoms with van der Waals surface area (Å²) in [5.74, 6) is -0.887. The first kappa shape index (κ1) is 19.4. The Morgan fingerprint density at radius 3 is 1.96 bits per heavy atom. The van der Waals surface area contributed by atoms with Crippen LogP contribution in [0.5, 0.6) is 0 Å². The Hall–Kier alpha value is -2.38. The van der Waals surface area contributed by atoms with Crippen LogP contribution in [0.1, 0.15) is 40.5 Å². The van der Waals surface area contributed by atoms with E-state index in [9.17, 15) is 22.4 Å².